The summed E-state index contributed by atoms with van der Waals surface area (Å²) in [5.41, 5.74) is 7.36. The Kier molecular flexibility index (Phi) is 16.7. The van der Waals surface area contributed by atoms with E-state index >= 15 is 0 Å². The summed E-state index contributed by atoms with van der Waals surface area (Å²) in [5.74, 6) is 0. The van der Waals surface area contributed by atoms with Crippen LogP contribution in [-0.4, -0.2) is 83.8 Å². The summed E-state index contributed by atoms with van der Waals surface area (Å²) < 4.78 is 0. The van der Waals surface area contributed by atoms with E-state index in [4.69, 9.17) is 24.4 Å². The minimum atomic E-state index is 0.508. The Morgan fingerprint density at radius 1 is 0.724 bits per heavy atom. The van der Waals surface area contributed by atoms with Crippen molar-refractivity contribution < 1.29 is 0 Å². The second-order valence-electron chi connectivity index (χ2n) is 6.40. The van der Waals surface area contributed by atoms with Gasteiger partial charge < -0.3 is 20.4 Å². The lowest BCUT2D eigenvalue weighted by molar-refractivity contribution is 0.308. The van der Waals surface area contributed by atoms with E-state index in [1.54, 1.807) is 0 Å². The maximum Gasteiger partial charge on any atom is 0.187 e. The van der Waals surface area contributed by atoms with Gasteiger partial charge in [0.05, 0.1) is 11.4 Å². The van der Waals surface area contributed by atoms with Crippen molar-refractivity contribution in [1.29, 1.82) is 0 Å². The number of nitrogens with one attached hydrogen (secondary N) is 4. The molecule has 0 bridgehead atoms. The molecule has 0 fully saturated rings. The SMILES string of the molecule is CCC(=NNC(=S)NCCN(CC)CC)C(C)=NNC(=S)NCCN(CC)CC. The van der Waals surface area contributed by atoms with Crippen LogP contribution in [0.2, 0.25) is 0 Å². The summed E-state index contributed by atoms with van der Waals surface area (Å²) in [6.07, 6.45) is 0.730. The lowest BCUT2D eigenvalue weighted by Gasteiger charge is -2.18. The minimum absolute atomic E-state index is 0.508. The van der Waals surface area contributed by atoms with Gasteiger partial charge in [-0.15, -0.1) is 0 Å². The third kappa shape index (κ3) is 13.5. The molecule has 0 aliphatic heterocycles. The molecule has 0 aliphatic carbocycles. The molecule has 168 valence electrons. The monoisotopic (exact) mass is 444 g/mol. The second-order valence-corrected chi connectivity index (χ2v) is 7.21. The van der Waals surface area contributed by atoms with Crippen molar-refractivity contribution in [1.82, 2.24) is 31.3 Å². The molecule has 4 N–H and O–H groups in total. The van der Waals surface area contributed by atoms with Gasteiger partial charge >= 0.3 is 0 Å². The van der Waals surface area contributed by atoms with Crippen molar-refractivity contribution in [2.75, 3.05) is 52.4 Å². The minimum Gasteiger partial charge on any atom is -0.360 e. The van der Waals surface area contributed by atoms with Gasteiger partial charge in [0.2, 0.25) is 0 Å². The summed E-state index contributed by atoms with van der Waals surface area (Å²) >= 11 is 10.6. The highest BCUT2D eigenvalue weighted by molar-refractivity contribution is 7.80. The molecule has 0 radical (unpaired) electrons. The van der Waals surface area contributed by atoms with Crippen LogP contribution < -0.4 is 21.5 Å². The van der Waals surface area contributed by atoms with Crippen molar-refractivity contribution in [3.05, 3.63) is 0 Å². The first-order valence-corrected chi connectivity index (χ1v) is 11.4. The Morgan fingerprint density at radius 2 is 1.14 bits per heavy atom. The molecular formula is C19H40N8S2. The first kappa shape index (κ1) is 27.6. The number of hydrogen-bond donors (Lipinski definition) is 4. The normalized spacial score (nSPS) is 12.3. The number of thiocarbonyl (C=S) groups is 2. The Bertz CT molecular complexity index is 528. The fourth-order valence-corrected chi connectivity index (χ4v) is 2.84. The molecule has 0 aromatic carbocycles. The Labute approximate surface area is 187 Å². The standard InChI is InChI=1S/C19H40N8S2/c1-7-17(23-25-19(29)21-13-15-27(10-4)11-5)16(6)22-24-18(28)20-12-14-26(8-2)9-3/h7-15H2,1-6H3,(H2,20,24,28)(H2,21,25,29). The largest absolute Gasteiger partial charge is 0.360 e. The number of hydrazone groups is 2. The highest BCUT2D eigenvalue weighted by atomic mass is 32.1. The maximum atomic E-state index is 5.29. The van der Waals surface area contributed by atoms with Crippen LogP contribution in [0.4, 0.5) is 0 Å². The van der Waals surface area contributed by atoms with E-state index < -0.39 is 0 Å². The van der Waals surface area contributed by atoms with Crippen LogP contribution in [0.1, 0.15) is 48.0 Å². The second kappa shape index (κ2) is 17.5. The molecule has 0 heterocycles. The zero-order valence-electron chi connectivity index (χ0n) is 19.0. The topological polar surface area (TPSA) is 79.3 Å². The highest BCUT2D eigenvalue weighted by Crippen LogP contribution is 1.90. The molecule has 8 nitrogen and oxygen atoms in total. The van der Waals surface area contributed by atoms with Crippen LogP contribution in [0, 0.1) is 0 Å². The number of rotatable bonds is 14. The van der Waals surface area contributed by atoms with Gasteiger partial charge in [-0.25, -0.2) is 0 Å². The Morgan fingerprint density at radius 3 is 1.52 bits per heavy atom. The van der Waals surface area contributed by atoms with Gasteiger partial charge in [0.1, 0.15) is 0 Å². The van der Waals surface area contributed by atoms with E-state index in [1.807, 2.05) is 13.8 Å². The van der Waals surface area contributed by atoms with Crippen molar-refractivity contribution in [2.45, 2.75) is 48.0 Å². The summed E-state index contributed by atoms with van der Waals surface area (Å²) in [6, 6.07) is 0. The van der Waals surface area contributed by atoms with Crippen molar-refractivity contribution in [3.8, 4) is 0 Å². The summed E-state index contributed by atoms with van der Waals surface area (Å²) in [4.78, 5) is 4.66. The summed E-state index contributed by atoms with van der Waals surface area (Å²) in [6.45, 7) is 20.1. The average Bonchev–Trinajstić information content (AvgIpc) is 2.73. The summed E-state index contributed by atoms with van der Waals surface area (Å²) in [7, 11) is 0. The Balaban J connectivity index is 4.38. The quantitative estimate of drug-likeness (QED) is 0.183. The smallest absolute Gasteiger partial charge is 0.187 e. The Hall–Kier alpha value is -1.36. The van der Waals surface area contributed by atoms with Gasteiger partial charge in [-0.3, -0.25) is 10.9 Å². The molecule has 29 heavy (non-hydrogen) atoms. The molecule has 0 saturated heterocycles. The van der Waals surface area contributed by atoms with Crippen LogP contribution in [-0.2, 0) is 0 Å². The van der Waals surface area contributed by atoms with E-state index in [9.17, 15) is 0 Å². The predicted molar refractivity (Wildman–Crippen MR) is 134 cm³/mol. The van der Waals surface area contributed by atoms with E-state index in [1.165, 1.54) is 0 Å². The molecule has 0 spiro atoms. The van der Waals surface area contributed by atoms with Crippen molar-refractivity contribution >= 4 is 46.1 Å². The molecule has 10 heteroatoms. The van der Waals surface area contributed by atoms with E-state index in [2.05, 4.69) is 69.2 Å². The van der Waals surface area contributed by atoms with Crippen molar-refractivity contribution in [3.63, 3.8) is 0 Å². The fourth-order valence-electron chi connectivity index (χ4n) is 2.55. The first-order valence-electron chi connectivity index (χ1n) is 10.5. The van der Waals surface area contributed by atoms with Gasteiger partial charge in [0, 0.05) is 26.2 Å². The highest BCUT2D eigenvalue weighted by Gasteiger charge is 2.04. The van der Waals surface area contributed by atoms with Crippen molar-refractivity contribution in [2.24, 2.45) is 10.2 Å². The number of nitrogens with zero attached hydrogens (tertiary/aromatic N) is 4. The average molecular weight is 445 g/mol. The first-order chi connectivity index (χ1) is 13.9. The molecule has 0 amide bonds. The molecule has 0 aromatic rings. The predicted octanol–water partition coefficient (Wildman–Crippen LogP) is 1.74. The van der Waals surface area contributed by atoms with E-state index in [0.29, 0.717) is 10.2 Å². The molecule has 0 aliphatic rings. The molecule has 0 atom stereocenters. The van der Waals surface area contributed by atoms with Gasteiger partial charge in [0.15, 0.2) is 10.2 Å². The lowest BCUT2D eigenvalue weighted by Crippen LogP contribution is -2.39. The van der Waals surface area contributed by atoms with Gasteiger partial charge in [-0.2, -0.15) is 10.2 Å². The summed E-state index contributed by atoms with van der Waals surface area (Å²) in [5, 5.41) is 16.1. The maximum absolute atomic E-state index is 5.29. The third-order valence-corrected chi connectivity index (χ3v) is 5.06. The molecule has 0 saturated carbocycles. The van der Waals surface area contributed by atoms with E-state index in [-0.39, 0.29) is 0 Å². The van der Waals surface area contributed by atoms with Crippen LogP contribution >= 0.6 is 24.4 Å². The van der Waals surface area contributed by atoms with Crippen LogP contribution in [0.25, 0.3) is 0 Å². The number of hydrogen-bond acceptors (Lipinski definition) is 6. The van der Waals surface area contributed by atoms with Gasteiger partial charge in [-0.1, -0.05) is 34.6 Å². The zero-order valence-corrected chi connectivity index (χ0v) is 20.6. The van der Waals surface area contributed by atoms with Crippen LogP contribution in [0.5, 0.6) is 0 Å². The van der Waals surface area contributed by atoms with Gasteiger partial charge in [-0.05, 0) is 64.0 Å². The third-order valence-electron chi connectivity index (χ3n) is 4.59. The lowest BCUT2D eigenvalue weighted by atomic mass is 10.2. The van der Waals surface area contributed by atoms with E-state index in [0.717, 1.165) is 70.2 Å². The van der Waals surface area contributed by atoms with Crippen LogP contribution in [0.15, 0.2) is 10.2 Å². The fraction of sp³-hybridized carbons (Fsp3) is 0.789. The molecule has 0 unspecified atom stereocenters. The zero-order chi connectivity index (χ0) is 22.1. The molecule has 0 rings (SSSR count). The molecular weight excluding hydrogens is 404 g/mol. The number of likely N-dealkylation sites (N-methyl/N-ethyl adjacent to an activating group) is 2. The molecule has 0 aromatic heterocycles. The van der Waals surface area contributed by atoms with Crippen LogP contribution in [0.3, 0.4) is 0 Å². The van der Waals surface area contributed by atoms with Gasteiger partial charge in [0.25, 0.3) is 0 Å².